The van der Waals surface area contributed by atoms with Crippen LogP contribution in [0.1, 0.15) is 48.9 Å². The molecule has 2 aromatic rings. The lowest BCUT2D eigenvalue weighted by Gasteiger charge is -2.11. The number of amides is 1. The molecular weight excluding hydrogens is 296 g/mol. The van der Waals surface area contributed by atoms with Crippen LogP contribution in [0.3, 0.4) is 0 Å². The van der Waals surface area contributed by atoms with Crippen LogP contribution >= 0.6 is 0 Å². The van der Waals surface area contributed by atoms with Gasteiger partial charge in [0.2, 0.25) is 5.91 Å². The average molecular weight is 322 g/mol. The van der Waals surface area contributed by atoms with E-state index >= 15 is 0 Å². The van der Waals surface area contributed by atoms with Crippen molar-refractivity contribution in [2.45, 2.75) is 40.0 Å². The molecule has 2 aromatic carbocycles. The summed E-state index contributed by atoms with van der Waals surface area (Å²) in [6.07, 6.45) is 2.72. The second-order valence-corrected chi connectivity index (χ2v) is 6.71. The summed E-state index contributed by atoms with van der Waals surface area (Å²) >= 11 is 0. The predicted octanol–water partition coefficient (Wildman–Crippen LogP) is 4.45. The largest absolute Gasteiger partial charge is 0.272 e. The molecule has 0 spiro atoms. The average Bonchev–Trinajstić information content (AvgIpc) is 2.56. The molecule has 126 valence electrons. The molecule has 0 saturated carbocycles. The number of nitrogens with one attached hydrogen (secondary N) is 1. The molecule has 1 atom stereocenters. The van der Waals surface area contributed by atoms with Gasteiger partial charge in [-0.25, -0.2) is 5.43 Å². The van der Waals surface area contributed by atoms with Crippen LogP contribution in [0.25, 0.3) is 0 Å². The van der Waals surface area contributed by atoms with Gasteiger partial charge in [-0.05, 0) is 42.9 Å². The summed E-state index contributed by atoms with van der Waals surface area (Å²) in [5, 5.41) is 4.05. The summed E-state index contributed by atoms with van der Waals surface area (Å²) in [5.41, 5.74) is 7.10. The monoisotopic (exact) mass is 322 g/mol. The summed E-state index contributed by atoms with van der Waals surface area (Å²) < 4.78 is 0. The lowest BCUT2D eigenvalue weighted by Crippen LogP contribution is -2.23. The van der Waals surface area contributed by atoms with E-state index < -0.39 is 0 Å². The van der Waals surface area contributed by atoms with Gasteiger partial charge in [-0.2, -0.15) is 5.10 Å². The van der Waals surface area contributed by atoms with E-state index in [1.807, 2.05) is 50.2 Å². The van der Waals surface area contributed by atoms with Crippen molar-refractivity contribution in [3.05, 3.63) is 70.8 Å². The predicted molar refractivity (Wildman–Crippen MR) is 100 cm³/mol. The molecule has 0 aliphatic heterocycles. The lowest BCUT2D eigenvalue weighted by molar-refractivity contribution is -0.122. The first-order valence-corrected chi connectivity index (χ1v) is 8.44. The Morgan fingerprint density at radius 2 is 1.67 bits per heavy atom. The van der Waals surface area contributed by atoms with Crippen LogP contribution in [0.15, 0.2) is 53.6 Å². The maximum Gasteiger partial charge on any atom is 0.247 e. The zero-order valence-corrected chi connectivity index (χ0v) is 14.9. The van der Waals surface area contributed by atoms with E-state index in [0.717, 1.165) is 17.5 Å². The van der Waals surface area contributed by atoms with Crippen molar-refractivity contribution in [1.82, 2.24) is 5.43 Å². The highest BCUT2D eigenvalue weighted by Crippen LogP contribution is 2.17. The Morgan fingerprint density at radius 1 is 1.04 bits per heavy atom. The topological polar surface area (TPSA) is 41.5 Å². The molecule has 0 saturated heterocycles. The van der Waals surface area contributed by atoms with Gasteiger partial charge in [-0.15, -0.1) is 0 Å². The molecule has 24 heavy (non-hydrogen) atoms. The molecule has 1 N–H and O–H groups in total. The zero-order chi connectivity index (χ0) is 17.5. The van der Waals surface area contributed by atoms with Gasteiger partial charge < -0.3 is 0 Å². The number of nitrogens with zero attached hydrogens (tertiary/aromatic N) is 1. The number of carbonyl (C=O) groups excluding carboxylic acids is 1. The summed E-state index contributed by atoms with van der Waals surface area (Å²) in [7, 11) is 0. The van der Waals surface area contributed by atoms with Crippen molar-refractivity contribution in [2.24, 2.45) is 11.0 Å². The molecule has 0 bridgehead atoms. The number of rotatable bonds is 6. The van der Waals surface area contributed by atoms with Crippen LogP contribution in [-0.4, -0.2) is 12.1 Å². The fourth-order valence-electron chi connectivity index (χ4n) is 2.48. The van der Waals surface area contributed by atoms with Crippen molar-refractivity contribution < 1.29 is 4.79 Å². The number of hydrogen-bond acceptors (Lipinski definition) is 2. The van der Waals surface area contributed by atoms with E-state index in [0.29, 0.717) is 5.92 Å². The Morgan fingerprint density at radius 3 is 2.25 bits per heavy atom. The zero-order valence-electron chi connectivity index (χ0n) is 14.9. The van der Waals surface area contributed by atoms with E-state index in [-0.39, 0.29) is 11.8 Å². The van der Waals surface area contributed by atoms with Gasteiger partial charge in [0.1, 0.15) is 0 Å². The van der Waals surface area contributed by atoms with Crippen LogP contribution in [0, 0.1) is 12.8 Å². The lowest BCUT2D eigenvalue weighted by atomic mass is 9.96. The molecule has 0 aliphatic carbocycles. The summed E-state index contributed by atoms with van der Waals surface area (Å²) in [6.45, 7) is 8.34. The molecule has 2 rings (SSSR count). The van der Waals surface area contributed by atoms with Gasteiger partial charge in [0.05, 0.1) is 12.1 Å². The van der Waals surface area contributed by atoms with Gasteiger partial charge in [0.25, 0.3) is 0 Å². The number of aryl methyl sites for hydroxylation is 1. The second-order valence-electron chi connectivity index (χ2n) is 6.71. The Bertz CT molecular complexity index is 685. The Kier molecular flexibility index (Phi) is 6.30. The maximum atomic E-state index is 12.2. The van der Waals surface area contributed by atoms with Gasteiger partial charge >= 0.3 is 0 Å². The first kappa shape index (κ1) is 17.9. The highest BCUT2D eigenvalue weighted by atomic mass is 16.2. The van der Waals surface area contributed by atoms with Gasteiger partial charge in [-0.3, -0.25) is 4.79 Å². The van der Waals surface area contributed by atoms with Gasteiger partial charge in [0.15, 0.2) is 0 Å². The Hall–Kier alpha value is -2.42. The van der Waals surface area contributed by atoms with Crippen molar-refractivity contribution in [2.75, 3.05) is 0 Å². The van der Waals surface area contributed by atoms with E-state index in [4.69, 9.17) is 0 Å². The Labute approximate surface area is 144 Å². The molecule has 0 heterocycles. The van der Waals surface area contributed by atoms with Gasteiger partial charge in [0, 0.05) is 0 Å². The number of hydrazone groups is 1. The summed E-state index contributed by atoms with van der Waals surface area (Å²) in [5.74, 6) is 0.302. The molecule has 0 fully saturated rings. The normalized spacial score (nSPS) is 12.5. The first-order valence-electron chi connectivity index (χ1n) is 8.44. The maximum absolute atomic E-state index is 12.2. The van der Waals surface area contributed by atoms with Crippen molar-refractivity contribution in [3.63, 3.8) is 0 Å². The molecule has 1 unspecified atom stereocenters. The number of hydrogen-bond donors (Lipinski definition) is 1. The van der Waals surface area contributed by atoms with Crippen LogP contribution in [-0.2, 0) is 11.2 Å². The minimum atomic E-state index is -0.228. The third-order valence-electron chi connectivity index (χ3n) is 3.98. The highest BCUT2D eigenvalue weighted by Gasteiger charge is 2.14. The third kappa shape index (κ3) is 5.34. The molecule has 1 amide bonds. The number of benzene rings is 2. The molecule has 0 aliphatic rings. The standard InChI is InChI=1S/C21H26N2O/c1-15(2)13-18-9-11-20(12-10-18)17(4)21(24)23-22-14-19-7-5-16(3)6-8-19/h5-12,14-15,17H,13H2,1-4H3,(H,23,24)/b22-14+. The van der Waals surface area contributed by atoms with E-state index in [2.05, 4.69) is 36.5 Å². The van der Waals surface area contributed by atoms with Crippen molar-refractivity contribution in [1.29, 1.82) is 0 Å². The smallest absolute Gasteiger partial charge is 0.247 e. The van der Waals surface area contributed by atoms with Crippen LogP contribution in [0.2, 0.25) is 0 Å². The van der Waals surface area contributed by atoms with Crippen LogP contribution in [0.5, 0.6) is 0 Å². The Balaban J connectivity index is 1.92. The van der Waals surface area contributed by atoms with E-state index in [9.17, 15) is 4.79 Å². The minimum absolute atomic E-state index is 0.102. The molecule has 3 heteroatoms. The fourth-order valence-corrected chi connectivity index (χ4v) is 2.48. The minimum Gasteiger partial charge on any atom is -0.272 e. The fraction of sp³-hybridized carbons (Fsp3) is 0.333. The van der Waals surface area contributed by atoms with Crippen LogP contribution in [0.4, 0.5) is 0 Å². The molecule has 3 nitrogen and oxygen atoms in total. The second kappa shape index (κ2) is 8.44. The van der Waals surface area contributed by atoms with Crippen molar-refractivity contribution in [3.8, 4) is 0 Å². The van der Waals surface area contributed by atoms with Gasteiger partial charge in [-0.1, -0.05) is 67.9 Å². The van der Waals surface area contributed by atoms with E-state index in [1.165, 1.54) is 11.1 Å². The quantitative estimate of drug-likeness (QED) is 0.619. The summed E-state index contributed by atoms with van der Waals surface area (Å²) in [6, 6.07) is 16.3. The molecule has 0 radical (unpaired) electrons. The van der Waals surface area contributed by atoms with E-state index in [1.54, 1.807) is 6.21 Å². The SMILES string of the molecule is Cc1ccc(/C=N/NC(=O)C(C)c2ccc(CC(C)C)cc2)cc1. The first-order chi connectivity index (χ1) is 11.5. The highest BCUT2D eigenvalue weighted by molar-refractivity contribution is 5.85. The number of carbonyl (C=O) groups is 1. The third-order valence-corrected chi connectivity index (χ3v) is 3.98. The molecule has 0 aromatic heterocycles. The summed E-state index contributed by atoms with van der Waals surface area (Å²) in [4.78, 5) is 12.2. The molecular formula is C21H26N2O. The van der Waals surface area contributed by atoms with Crippen LogP contribution < -0.4 is 5.43 Å². The van der Waals surface area contributed by atoms with Crippen molar-refractivity contribution >= 4 is 12.1 Å².